The highest BCUT2D eigenvalue weighted by molar-refractivity contribution is 5.96. The fourth-order valence-electron chi connectivity index (χ4n) is 4.49. The molecule has 1 nitrogen and oxygen atoms in total. The molecule has 0 saturated carbocycles. The number of Topliss-reactive ketones (excluding diaryl/α,β-unsaturated/α-hetero) is 1. The number of carbonyl (C=O) groups is 1. The Balaban J connectivity index is 1.77. The quantitative estimate of drug-likeness (QED) is 0.691. The Labute approximate surface area is 158 Å². The van der Waals surface area contributed by atoms with Crippen molar-refractivity contribution in [2.24, 2.45) is 0 Å². The standard InChI is InChI=1S/C26H20O/c1-2-17-7-3-5-9-20(17)25-15-19-12-14-22-21-10-6-4-8-18(21)11-13-23(22)24(19)16-26(25)27/h2-12,14-15,25H,1,13,16H2. The molecule has 0 saturated heterocycles. The van der Waals surface area contributed by atoms with E-state index in [9.17, 15) is 4.79 Å². The topological polar surface area (TPSA) is 17.1 Å². The Hall–Kier alpha value is -3.19. The summed E-state index contributed by atoms with van der Waals surface area (Å²) in [6.07, 6.45) is 7.66. The minimum absolute atomic E-state index is 0.190. The van der Waals surface area contributed by atoms with Gasteiger partial charge in [0, 0.05) is 6.42 Å². The third kappa shape index (κ3) is 2.50. The lowest BCUT2D eigenvalue weighted by Crippen LogP contribution is -2.28. The second-order valence-electron chi connectivity index (χ2n) is 7.28. The van der Waals surface area contributed by atoms with Crippen molar-refractivity contribution < 1.29 is 4.79 Å². The summed E-state index contributed by atoms with van der Waals surface area (Å²) in [5.41, 5.74) is 4.61. The zero-order valence-electron chi connectivity index (χ0n) is 15.1. The van der Waals surface area contributed by atoms with Crippen LogP contribution in [0, 0.1) is 10.4 Å². The number of ketones is 1. The van der Waals surface area contributed by atoms with Gasteiger partial charge >= 0.3 is 0 Å². The van der Waals surface area contributed by atoms with Crippen molar-refractivity contribution in [3.8, 4) is 0 Å². The summed E-state index contributed by atoms with van der Waals surface area (Å²) in [5, 5.41) is 5.03. The maximum atomic E-state index is 13.1. The fraction of sp³-hybridized carbons (Fsp3) is 0.115. The molecule has 0 bridgehead atoms. The van der Waals surface area contributed by atoms with E-state index in [4.69, 9.17) is 0 Å². The van der Waals surface area contributed by atoms with E-state index in [0.717, 1.165) is 17.5 Å². The first-order valence-electron chi connectivity index (χ1n) is 9.42. The SMILES string of the molecule is C=Cc1ccccc1C1C=c2ccc3c(c2CC1=O)CC=c1ccccc1=3. The molecule has 0 fully saturated rings. The van der Waals surface area contributed by atoms with E-state index < -0.39 is 0 Å². The van der Waals surface area contributed by atoms with Crippen molar-refractivity contribution in [2.75, 3.05) is 0 Å². The van der Waals surface area contributed by atoms with Gasteiger partial charge in [0.25, 0.3) is 0 Å². The molecule has 1 heteroatoms. The van der Waals surface area contributed by atoms with E-state index in [0.29, 0.717) is 6.42 Å². The number of hydrogen-bond acceptors (Lipinski definition) is 1. The van der Waals surface area contributed by atoms with E-state index in [1.54, 1.807) is 0 Å². The zero-order chi connectivity index (χ0) is 18.4. The van der Waals surface area contributed by atoms with Crippen LogP contribution in [-0.4, -0.2) is 5.78 Å². The molecule has 2 aliphatic carbocycles. The molecule has 1 unspecified atom stereocenters. The van der Waals surface area contributed by atoms with Gasteiger partial charge in [-0.05, 0) is 49.5 Å². The fourth-order valence-corrected chi connectivity index (χ4v) is 4.49. The average molecular weight is 348 g/mol. The molecule has 1 atom stereocenters. The molecule has 27 heavy (non-hydrogen) atoms. The van der Waals surface area contributed by atoms with Gasteiger partial charge in [0.05, 0.1) is 5.92 Å². The van der Waals surface area contributed by atoms with E-state index >= 15 is 0 Å². The van der Waals surface area contributed by atoms with Gasteiger partial charge in [-0.2, -0.15) is 0 Å². The van der Waals surface area contributed by atoms with Crippen molar-refractivity contribution in [1.29, 1.82) is 0 Å². The predicted molar refractivity (Wildman–Crippen MR) is 110 cm³/mol. The minimum Gasteiger partial charge on any atom is -0.298 e. The Morgan fingerprint density at radius 3 is 2.56 bits per heavy atom. The van der Waals surface area contributed by atoms with Crippen molar-refractivity contribution in [1.82, 2.24) is 0 Å². The smallest absolute Gasteiger partial charge is 0.148 e. The maximum absolute atomic E-state index is 13.1. The van der Waals surface area contributed by atoms with Gasteiger partial charge in [0.15, 0.2) is 0 Å². The number of benzene rings is 3. The normalized spacial score (nSPS) is 17.0. The second-order valence-corrected chi connectivity index (χ2v) is 7.28. The summed E-state index contributed by atoms with van der Waals surface area (Å²) in [6, 6.07) is 21.0. The maximum Gasteiger partial charge on any atom is 0.148 e. The molecule has 0 radical (unpaired) electrons. The summed E-state index contributed by atoms with van der Waals surface area (Å²) in [6.45, 7) is 3.91. The van der Waals surface area contributed by atoms with Crippen LogP contribution >= 0.6 is 0 Å². The molecule has 5 rings (SSSR count). The Morgan fingerprint density at radius 2 is 1.67 bits per heavy atom. The molecule has 0 aliphatic heterocycles. The summed E-state index contributed by atoms with van der Waals surface area (Å²) < 4.78 is 0. The lowest BCUT2D eigenvalue weighted by Gasteiger charge is -2.22. The van der Waals surface area contributed by atoms with E-state index in [1.165, 1.54) is 32.0 Å². The molecular formula is C26H20O. The van der Waals surface area contributed by atoms with Crippen molar-refractivity contribution in [3.05, 3.63) is 110 Å². The molecule has 0 N–H and O–H groups in total. The van der Waals surface area contributed by atoms with Gasteiger partial charge in [-0.1, -0.05) is 85.5 Å². The van der Waals surface area contributed by atoms with E-state index in [2.05, 4.69) is 55.1 Å². The second kappa shape index (κ2) is 6.21. The summed E-state index contributed by atoms with van der Waals surface area (Å²) in [4.78, 5) is 13.1. The van der Waals surface area contributed by atoms with Gasteiger partial charge in [-0.3, -0.25) is 4.79 Å². The van der Waals surface area contributed by atoms with Crippen LogP contribution in [-0.2, 0) is 17.6 Å². The summed E-state index contributed by atoms with van der Waals surface area (Å²) in [7, 11) is 0. The highest BCUT2D eigenvalue weighted by Gasteiger charge is 2.26. The van der Waals surface area contributed by atoms with Gasteiger partial charge in [-0.15, -0.1) is 0 Å². The van der Waals surface area contributed by atoms with Crippen LogP contribution in [0.5, 0.6) is 0 Å². The Morgan fingerprint density at radius 1 is 0.852 bits per heavy atom. The van der Waals surface area contributed by atoms with Crippen molar-refractivity contribution in [2.45, 2.75) is 18.8 Å². The largest absolute Gasteiger partial charge is 0.298 e. The molecule has 0 heterocycles. The summed E-state index contributed by atoms with van der Waals surface area (Å²) in [5.74, 6) is 0.0775. The average Bonchev–Trinajstić information content (AvgIpc) is 2.73. The third-order valence-corrected chi connectivity index (χ3v) is 5.84. The third-order valence-electron chi connectivity index (χ3n) is 5.84. The van der Waals surface area contributed by atoms with Gasteiger partial charge in [0.1, 0.15) is 5.78 Å². The highest BCUT2D eigenvalue weighted by atomic mass is 16.1. The molecule has 2 aliphatic rings. The molecule has 0 spiro atoms. The minimum atomic E-state index is -0.190. The number of rotatable bonds is 2. The van der Waals surface area contributed by atoms with Crippen molar-refractivity contribution in [3.63, 3.8) is 0 Å². The highest BCUT2D eigenvalue weighted by Crippen LogP contribution is 2.28. The first-order chi connectivity index (χ1) is 13.3. The van der Waals surface area contributed by atoms with E-state index in [-0.39, 0.29) is 11.7 Å². The van der Waals surface area contributed by atoms with Crippen LogP contribution < -0.4 is 10.4 Å². The van der Waals surface area contributed by atoms with Gasteiger partial charge in [-0.25, -0.2) is 0 Å². The molecule has 3 aromatic rings. The molecule has 3 aromatic carbocycles. The molecule has 0 amide bonds. The number of fused-ring (bicyclic) bond motifs is 4. The summed E-state index contributed by atoms with van der Waals surface area (Å²) >= 11 is 0. The van der Waals surface area contributed by atoms with Gasteiger partial charge < -0.3 is 0 Å². The van der Waals surface area contributed by atoms with Crippen LogP contribution in [0.4, 0.5) is 0 Å². The Kier molecular flexibility index (Phi) is 3.68. The number of hydrogen-bond donors (Lipinski definition) is 0. The first-order valence-corrected chi connectivity index (χ1v) is 9.42. The molecule has 0 aromatic heterocycles. The van der Waals surface area contributed by atoms with Crippen LogP contribution in [0.3, 0.4) is 0 Å². The van der Waals surface area contributed by atoms with Crippen LogP contribution in [0.1, 0.15) is 28.2 Å². The Bertz CT molecular complexity index is 1310. The van der Waals surface area contributed by atoms with Crippen LogP contribution in [0.15, 0.2) is 67.2 Å². The lowest BCUT2D eigenvalue weighted by atomic mass is 9.80. The molecule has 130 valence electrons. The number of carbonyl (C=O) groups excluding carboxylic acids is 1. The van der Waals surface area contributed by atoms with E-state index in [1.807, 2.05) is 30.3 Å². The monoisotopic (exact) mass is 348 g/mol. The lowest BCUT2D eigenvalue weighted by molar-refractivity contribution is -0.118. The zero-order valence-corrected chi connectivity index (χ0v) is 15.1. The van der Waals surface area contributed by atoms with Gasteiger partial charge in [0.2, 0.25) is 0 Å². The first kappa shape index (κ1) is 16.0. The van der Waals surface area contributed by atoms with Crippen LogP contribution in [0.25, 0.3) is 18.2 Å². The van der Waals surface area contributed by atoms with Crippen LogP contribution in [0.2, 0.25) is 0 Å². The predicted octanol–water partition coefficient (Wildman–Crippen LogP) is 3.64. The van der Waals surface area contributed by atoms with Crippen molar-refractivity contribution >= 4 is 24.0 Å². The molecular weight excluding hydrogens is 328 g/mol.